The topological polar surface area (TPSA) is 61.8 Å². The third-order valence-corrected chi connectivity index (χ3v) is 10.1. The molecule has 0 amide bonds. The average molecular weight is 548 g/mol. The van der Waals surface area contributed by atoms with Crippen LogP contribution in [0.5, 0.6) is 5.75 Å². The van der Waals surface area contributed by atoms with Crippen molar-refractivity contribution in [1.29, 1.82) is 0 Å². The Hall–Kier alpha value is -1.40. The van der Waals surface area contributed by atoms with Gasteiger partial charge < -0.3 is 14.2 Å². The summed E-state index contributed by atoms with van der Waals surface area (Å²) in [6.07, 6.45) is 10.1. The number of esters is 1. The van der Waals surface area contributed by atoms with E-state index in [0.29, 0.717) is 24.7 Å². The van der Waals surface area contributed by atoms with Gasteiger partial charge in [-0.25, -0.2) is 0 Å². The molecule has 0 aromatic heterocycles. The van der Waals surface area contributed by atoms with Gasteiger partial charge in [0, 0.05) is 17.2 Å². The molecule has 6 atom stereocenters. The summed E-state index contributed by atoms with van der Waals surface area (Å²) < 4.78 is 17.2. The number of ketones is 1. The van der Waals surface area contributed by atoms with E-state index in [1.807, 2.05) is 0 Å². The number of methoxy groups -OCH3 is 1. The van der Waals surface area contributed by atoms with Crippen LogP contribution in [0.15, 0.2) is 18.2 Å². The molecule has 5 nitrogen and oxygen atoms in total. The van der Waals surface area contributed by atoms with E-state index in [1.54, 1.807) is 0 Å². The molecule has 1 aromatic rings. The van der Waals surface area contributed by atoms with Crippen LogP contribution in [0.3, 0.4) is 0 Å². The number of hydrogen-bond acceptors (Lipinski definition) is 5. The number of carbonyl (C=O) groups is 2. The lowest BCUT2D eigenvalue weighted by Gasteiger charge is -2.48. The van der Waals surface area contributed by atoms with Crippen LogP contribution in [-0.4, -0.2) is 37.1 Å². The lowest BCUT2D eigenvalue weighted by molar-refractivity contribution is -0.159. The van der Waals surface area contributed by atoms with Crippen molar-refractivity contribution in [3.63, 3.8) is 0 Å². The number of fused-ring (bicyclic) bond motifs is 5. The third kappa shape index (κ3) is 4.37. The fourth-order valence-electron chi connectivity index (χ4n) is 7.79. The van der Waals surface area contributed by atoms with Crippen LogP contribution in [0.2, 0.25) is 0 Å². The highest BCUT2D eigenvalue weighted by atomic mass is 79.9. The Morgan fingerprint density at radius 3 is 2.80 bits per heavy atom. The van der Waals surface area contributed by atoms with E-state index in [4.69, 9.17) is 14.2 Å². The summed E-state index contributed by atoms with van der Waals surface area (Å²) in [7, 11) is 1.43. The van der Waals surface area contributed by atoms with Gasteiger partial charge in [0.25, 0.3) is 0 Å². The molecule has 3 aliphatic carbocycles. The number of benzene rings is 1. The minimum atomic E-state index is -0.969. The monoisotopic (exact) mass is 546 g/mol. The van der Waals surface area contributed by atoms with Gasteiger partial charge in [0.1, 0.15) is 11.2 Å². The molecule has 192 valence electrons. The van der Waals surface area contributed by atoms with Gasteiger partial charge in [-0.1, -0.05) is 35.3 Å². The Morgan fingerprint density at radius 1 is 1.20 bits per heavy atom. The van der Waals surface area contributed by atoms with E-state index in [2.05, 4.69) is 41.1 Å². The van der Waals surface area contributed by atoms with Crippen LogP contribution in [0, 0.1) is 22.7 Å². The van der Waals surface area contributed by atoms with Crippen LogP contribution in [0.4, 0.5) is 0 Å². The first-order valence-electron chi connectivity index (χ1n) is 13.5. The molecule has 3 fully saturated rings. The molecule has 2 saturated carbocycles. The quantitative estimate of drug-likeness (QED) is 0.172. The predicted octanol–water partition coefficient (Wildman–Crippen LogP) is 6.35. The molecule has 6 heteroatoms. The van der Waals surface area contributed by atoms with Crippen molar-refractivity contribution in [3.8, 4) is 5.75 Å². The van der Waals surface area contributed by atoms with Crippen molar-refractivity contribution in [2.75, 3.05) is 19.0 Å². The molecule has 1 saturated heterocycles. The number of unbranched alkanes of at least 4 members (excludes halogenated alkanes) is 1. The Bertz CT molecular complexity index is 956. The highest BCUT2D eigenvalue weighted by molar-refractivity contribution is 9.09. The van der Waals surface area contributed by atoms with Gasteiger partial charge in [-0.15, -0.1) is 0 Å². The normalized spacial score (nSPS) is 36.1. The number of aryl methyl sites for hydroxylation is 1. The van der Waals surface area contributed by atoms with Gasteiger partial charge in [-0.05, 0) is 98.8 Å². The van der Waals surface area contributed by atoms with E-state index in [9.17, 15) is 9.59 Å². The fraction of sp³-hybridized carbons (Fsp3) is 0.724. The third-order valence-electron chi connectivity index (χ3n) is 9.58. The largest absolute Gasteiger partial charge is 0.468 e. The summed E-state index contributed by atoms with van der Waals surface area (Å²) in [5.41, 5.74) is 1.40. The second kappa shape index (κ2) is 10.2. The molecule has 35 heavy (non-hydrogen) atoms. The summed E-state index contributed by atoms with van der Waals surface area (Å²) in [6, 6.07) is 6.58. The second-order valence-electron chi connectivity index (χ2n) is 11.4. The smallest absolute Gasteiger partial charge is 0.319 e. The number of Topliss-reactive ketones (excluding diaryl/α,β-unsaturated/α-hetero) is 1. The zero-order valence-corrected chi connectivity index (χ0v) is 22.7. The molecule has 4 aliphatic rings. The lowest BCUT2D eigenvalue weighted by atomic mass is 9.55. The van der Waals surface area contributed by atoms with E-state index in [-0.39, 0.29) is 24.0 Å². The Morgan fingerprint density at radius 2 is 2.06 bits per heavy atom. The van der Waals surface area contributed by atoms with E-state index < -0.39 is 10.8 Å². The summed E-state index contributed by atoms with van der Waals surface area (Å²) in [5.74, 6) is 1.85. The fourth-order valence-corrected chi connectivity index (χ4v) is 8.19. The van der Waals surface area contributed by atoms with Gasteiger partial charge in [0.15, 0.2) is 12.1 Å². The molecule has 1 heterocycles. The maximum atomic E-state index is 14.0. The summed E-state index contributed by atoms with van der Waals surface area (Å²) in [6.45, 7) is 2.92. The molecule has 0 spiro atoms. The Balaban J connectivity index is 1.38. The van der Waals surface area contributed by atoms with Gasteiger partial charge >= 0.3 is 5.97 Å². The first kappa shape index (κ1) is 25.3. The molecule has 1 aromatic carbocycles. The molecule has 0 radical (unpaired) electrons. The highest BCUT2D eigenvalue weighted by Crippen LogP contribution is 2.64. The van der Waals surface area contributed by atoms with E-state index in [1.165, 1.54) is 18.2 Å². The second-order valence-corrected chi connectivity index (χ2v) is 12.2. The zero-order chi connectivity index (χ0) is 24.6. The molecular formula is C29H39BrO5. The molecule has 1 unspecified atom stereocenters. The van der Waals surface area contributed by atoms with Crippen molar-refractivity contribution in [3.05, 3.63) is 29.3 Å². The minimum Gasteiger partial charge on any atom is -0.468 e. The number of alkyl halides is 1. The van der Waals surface area contributed by atoms with Crippen molar-refractivity contribution < 1.29 is 23.8 Å². The molecule has 0 N–H and O–H groups in total. The van der Waals surface area contributed by atoms with Crippen LogP contribution in [-0.2, 0) is 25.5 Å². The zero-order valence-electron chi connectivity index (χ0n) is 21.2. The number of hydrogen-bond donors (Lipinski definition) is 0. The van der Waals surface area contributed by atoms with Gasteiger partial charge in [0.2, 0.25) is 0 Å². The summed E-state index contributed by atoms with van der Waals surface area (Å²) >= 11 is 3.49. The van der Waals surface area contributed by atoms with Crippen molar-refractivity contribution in [2.45, 2.75) is 89.8 Å². The summed E-state index contributed by atoms with van der Waals surface area (Å²) in [5, 5.41) is 0.888. The number of ether oxygens (including phenoxy) is 3. The molecule has 5 rings (SSSR count). The number of rotatable bonds is 7. The van der Waals surface area contributed by atoms with Crippen LogP contribution < -0.4 is 4.74 Å². The van der Waals surface area contributed by atoms with Gasteiger partial charge in [-0.2, -0.15) is 0 Å². The van der Waals surface area contributed by atoms with Crippen LogP contribution in [0.25, 0.3) is 0 Å². The minimum absolute atomic E-state index is 0.131. The van der Waals surface area contributed by atoms with E-state index in [0.717, 1.165) is 75.5 Å². The Kier molecular flexibility index (Phi) is 7.33. The Labute approximate surface area is 217 Å². The lowest BCUT2D eigenvalue weighted by Crippen LogP contribution is -2.44. The van der Waals surface area contributed by atoms with Crippen LogP contribution in [0.1, 0.15) is 88.2 Å². The standard InChI is InChI=1S/C29H39BrO5/c1-28-14-12-22-21-11-9-20(35-25-7-3-6-16-34-25)17-19(21)8-10-23(22)24(28)18-29(26(28)31,27(32)33-2)13-4-5-15-30/h9,11,17,22-25H,3-8,10,12-16,18H2,1-2H3/t22-,23-,24+,25?,28+,29+/m1/s1. The van der Waals surface area contributed by atoms with Gasteiger partial charge in [0.05, 0.1) is 13.7 Å². The maximum Gasteiger partial charge on any atom is 0.319 e. The molecule has 0 bridgehead atoms. The molecule has 1 aliphatic heterocycles. The number of carbonyl (C=O) groups excluding carboxylic acids is 2. The highest BCUT2D eigenvalue weighted by Gasteiger charge is 2.66. The first-order chi connectivity index (χ1) is 16.9. The van der Waals surface area contributed by atoms with Gasteiger partial charge in [-0.3, -0.25) is 9.59 Å². The van der Waals surface area contributed by atoms with Crippen LogP contribution >= 0.6 is 15.9 Å². The van der Waals surface area contributed by atoms with Crippen molar-refractivity contribution in [1.82, 2.24) is 0 Å². The van der Waals surface area contributed by atoms with Crippen molar-refractivity contribution in [2.24, 2.45) is 22.7 Å². The summed E-state index contributed by atoms with van der Waals surface area (Å²) in [4.78, 5) is 27.1. The molecular weight excluding hydrogens is 508 g/mol. The number of halogens is 1. The average Bonchev–Trinajstić information content (AvgIpc) is 3.12. The first-order valence-corrected chi connectivity index (χ1v) is 14.7. The maximum absolute atomic E-state index is 14.0. The SMILES string of the molecule is COC(=O)[C@@]1(CCCCBr)C[C@H]2[C@@H]3CCc4cc(OC5CCCCO5)ccc4[C@H]3CC[C@]2(C)C1=O. The van der Waals surface area contributed by atoms with E-state index >= 15 is 0 Å². The van der Waals surface area contributed by atoms with Crippen molar-refractivity contribution >= 4 is 27.7 Å². The predicted molar refractivity (Wildman–Crippen MR) is 138 cm³/mol.